The third-order valence-corrected chi connectivity index (χ3v) is 4.25. The van der Waals surface area contributed by atoms with E-state index >= 15 is 0 Å². The van der Waals surface area contributed by atoms with Crippen LogP contribution in [-0.4, -0.2) is 23.7 Å². The molecule has 1 aliphatic carbocycles. The van der Waals surface area contributed by atoms with Gasteiger partial charge >= 0.3 is 11.9 Å². The number of carboxylic acids is 1. The quantitative estimate of drug-likeness (QED) is 0.546. The predicted octanol–water partition coefficient (Wildman–Crippen LogP) is 3.64. The number of aliphatic carboxylic acids is 1. The van der Waals surface area contributed by atoms with E-state index in [1.807, 2.05) is 0 Å². The second-order valence-corrected chi connectivity index (χ2v) is 6.04. The second-order valence-electron chi connectivity index (χ2n) is 6.04. The van der Waals surface area contributed by atoms with Gasteiger partial charge in [-0.25, -0.2) is 0 Å². The maximum absolute atomic E-state index is 12.0. The molecule has 0 aliphatic heterocycles. The molecule has 3 atom stereocenters. The van der Waals surface area contributed by atoms with Crippen molar-refractivity contribution in [3.8, 4) is 0 Å². The Morgan fingerprint density at radius 1 is 1.20 bits per heavy atom. The van der Waals surface area contributed by atoms with Gasteiger partial charge in [0.15, 0.2) is 0 Å². The molecule has 1 fully saturated rings. The zero-order valence-corrected chi connectivity index (χ0v) is 12.8. The van der Waals surface area contributed by atoms with E-state index in [1.54, 1.807) is 0 Å². The lowest BCUT2D eigenvalue weighted by molar-refractivity contribution is -0.159. The van der Waals surface area contributed by atoms with Crippen molar-refractivity contribution in [3.63, 3.8) is 0 Å². The lowest BCUT2D eigenvalue weighted by atomic mass is 9.79. The highest BCUT2D eigenvalue weighted by Gasteiger charge is 2.36. The lowest BCUT2D eigenvalue weighted by Crippen LogP contribution is -2.34. The van der Waals surface area contributed by atoms with Gasteiger partial charge in [0.2, 0.25) is 0 Å². The lowest BCUT2D eigenvalue weighted by Gasteiger charge is -2.26. The minimum absolute atomic E-state index is 0.305. The van der Waals surface area contributed by atoms with Crippen molar-refractivity contribution >= 4 is 11.9 Å². The van der Waals surface area contributed by atoms with E-state index in [2.05, 4.69) is 13.8 Å². The second kappa shape index (κ2) is 8.98. The summed E-state index contributed by atoms with van der Waals surface area (Å²) >= 11 is 0. The van der Waals surface area contributed by atoms with Crippen molar-refractivity contribution in [2.24, 2.45) is 17.8 Å². The number of hydrogen-bond acceptors (Lipinski definition) is 3. The van der Waals surface area contributed by atoms with Gasteiger partial charge in [-0.3, -0.25) is 9.59 Å². The third-order valence-electron chi connectivity index (χ3n) is 4.25. The molecule has 116 valence electrons. The minimum atomic E-state index is -0.858. The average Bonchev–Trinajstić information content (AvgIpc) is 2.43. The monoisotopic (exact) mass is 284 g/mol. The van der Waals surface area contributed by atoms with Crippen LogP contribution in [0.4, 0.5) is 0 Å². The standard InChI is InChI=1S/C16H28O4/c1-3-7-12(2)8-6-11-20-16(19)14-10-5-4-9-13(14)15(17)18/h12-14H,3-11H2,1-2H3,(H,17,18)/t12-,13+,14-/m1/s1. The van der Waals surface area contributed by atoms with E-state index in [9.17, 15) is 9.59 Å². The topological polar surface area (TPSA) is 63.6 Å². The fourth-order valence-electron chi connectivity index (χ4n) is 3.06. The number of carbonyl (C=O) groups excluding carboxylic acids is 1. The zero-order chi connectivity index (χ0) is 15.0. The summed E-state index contributed by atoms with van der Waals surface area (Å²) in [6.45, 7) is 4.81. The first-order valence-corrected chi connectivity index (χ1v) is 7.95. The van der Waals surface area contributed by atoms with Gasteiger partial charge in [0, 0.05) is 0 Å². The molecule has 4 heteroatoms. The van der Waals surface area contributed by atoms with Crippen LogP contribution < -0.4 is 0 Å². The van der Waals surface area contributed by atoms with Crippen LogP contribution >= 0.6 is 0 Å². The Morgan fingerprint density at radius 2 is 1.85 bits per heavy atom. The molecule has 1 saturated carbocycles. The Morgan fingerprint density at radius 3 is 2.45 bits per heavy atom. The molecule has 0 bridgehead atoms. The van der Waals surface area contributed by atoms with Crippen molar-refractivity contribution in [2.45, 2.75) is 65.2 Å². The summed E-state index contributed by atoms with van der Waals surface area (Å²) in [5.74, 6) is -1.48. The molecule has 0 unspecified atom stereocenters. The van der Waals surface area contributed by atoms with Gasteiger partial charge in [-0.05, 0) is 31.6 Å². The van der Waals surface area contributed by atoms with Crippen molar-refractivity contribution in [1.82, 2.24) is 0 Å². The number of carboxylic acid groups (broad SMARTS) is 1. The fraction of sp³-hybridized carbons (Fsp3) is 0.875. The molecule has 20 heavy (non-hydrogen) atoms. The smallest absolute Gasteiger partial charge is 0.309 e. The van der Waals surface area contributed by atoms with Crippen molar-refractivity contribution in [3.05, 3.63) is 0 Å². The Hall–Kier alpha value is -1.06. The predicted molar refractivity (Wildman–Crippen MR) is 77.3 cm³/mol. The molecular formula is C16H28O4. The summed E-state index contributed by atoms with van der Waals surface area (Å²) in [5.41, 5.74) is 0. The number of carbonyl (C=O) groups is 2. The van der Waals surface area contributed by atoms with Crippen LogP contribution in [0.3, 0.4) is 0 Å². The molecule has 1 N–H and O–H groups in total. The number of esters is 1. The SMILES string of the molecule is CCC[C@@H](C)CCCOC(=O)[C@@H]1CCCC[C@@H]1C(=O)O. The third kappa shape index (κ3) is 5.51. The zero-order valence-electron chi connectivity index (χ0n) is 12.8. The normalized spacial score (nSPS) is 24.1. The van der Waals surface area contributed by atoms with Crippen LogP contribution in [0.1, 0.15) is 65.2 Å². The van der Waals surface area contributed by atoms with E-state index in [0.717, 1.165) is 25.7 Å². The summed E-state index contributed by atoms with van der Waals surface area (Å²) in [7, 11) is 0. The molecule has 1 rings (SSSR count). The van der Waals surface area contributed by atoms with Crippen molar-refractivity contribution in [2.75, 3.05) is 6.61 Å². The highest BCUT2D eigenvalue weighted by atomic mass is 16.5. The summed E-state index contributed by atoms with van der Waals surface area (Å²) in [6, 6.07) is 0. The molecule has 0 amide bonds. The van der Waals surface area contributed by atoms with Crippen molar-refractivity contribution in [1.29, 1.82) is 0 Å². The molecule has 0 radical (unpaired) electrons. The average molecular weight is 284 g/mol. The highest BCUT2D eigenvalue weighted by Crippen LogP contribution is 2.31. The van der Waals surface area contributed by atoms with Gasteiger partial charge in [0.25, 0.3) is 0 Å². The Kier molecular flexibility index (Phi) is 7.63. The highest BCUT2D eigenvalue weighted by molar-refractivity contribution is 5.81. The number of hydrogen-bond donors (Lipinski definition) is 1. The molecule has 0 aromatic rings. The summed E-state index contributed by atoms with van der Waals surface area (Å²) < 4.78 is 5.29. The van der Waals surface area contributed by atoms with Gasteiger partial charge in [0.05, 0.1) is 18.4 Å². The minimum Gasteiger partial charge on any atom is -0.481 e. The van der Waals surface area contributed by atoms with E-state index in [1.165, 1.54) is 12.8 Å². The van der Waals surface area contributed by atoms with Gasteiger partial charge < -0.3 is 9.84 Å². The van der Waals surface area contributed by atoms with Crippen molar-refractivity contribution < 1.29 is 19.4 Å². The Labute approximate surface area is 121 Å². The van der Waals surface area contributed by atoms with E-state index in [4.69, 9.17) is 9.84 Å². The molecule has 1 aliphatic rings. The Balaban J connectivity index is 2.28. The summed E-state index contributed by atoms with van der Waals surface area (Å²) in [6.07, 6.45) is 7.41. The molecule has 0 aromatic carbocycles. The fourth-order valence-corrected chi connectivity index (χ4v) is 3.06. The van der Waals surface area contributed by atoms with Gasteiger partial charge in [-0.1, -0.05) is 39.5 Å². The molecular weight excluding hydrogens is 256 g/mol. The van der Waals surface area contributed by atoms with Crippen LogP contribution in [0.5, 0.6) is 0 Å². The van der Waals surface area contributed by atoms with Crippen LogP contribution in [0.15, 0.2) is 0 Å². The molecule has 0 aromatic heterocycles. The summed E-state index contributed by atoms with van der Waals surface area (Å²) in [5, 5.41) is 9.15. The molecule has 0 heterocycles. The first kappa shape index (κ1) is 17.0. The maximum atomic E-state index is 12.0. The first-order chi connectivity index (χ1) is 9.56. The van der Waals surface area contributed by atoms with Crippen LogP contribution in [-0.2, 0) is 14.3 Å². The van der Waals surface area contributed by atoms with Crippen LogP contribution in [0, 0.1) is 17.8 Å². The van der Waals surface area contributed by atoms with E-state index < -0.39 is 17.8 Å². The maximum Gasteiger partial charge on any atom is 0.309 e. The van der Waals surface area contributed by atoms with E-state index in [0.29, 0.717) is 25.4 Å². The summed E-state index contributed by atoms with van der Waals surface area (Å²) in [4.78, 5) is 23.2. The Bertz CT molecular complexity index is 314. The van der Waals surface area contributed by atoms with Crippen LogP contribution in [0.25, 0.3) is 0 Å². The van der Waals surface area contributed by atoms with Gasteiger partial charge in [-0.2, -0.15) is 0 Å². The van der Waals surface area contributed by atoms with Gasteiger partial charge in [-0.15, -0.1) is 0 Å². The van der Waals surface area contributed by atoms with E-state index in [-0.39, 0.29) is 5.97 Å². The first-order valence-electron chi connectivity index (χ1n) is 7.95. The van der Waals surface area contributed by atoms with Crippen LogP contribution in [0.2, 0.25) is 0 Å². The van der Waals surface area contributed by atoms with Gasteiger partial charge in [0.1, 0.15) is 0 Å². The largest absolute Gasteiger partial charge is 0.481 e. The molecule has 0 spiro atoms. The molecule has 0 saturated heterocycles. The number of ether oxygens (including phenoxy) is 1. The molecule has 4 nitrogen and oxygen atoms in total. The number of rotatable bonds is 8.